The van der Waals surface area contributed by atoms with Gasteiger partial charge in [0.05, 0.1) is 22.8 Å². The number of methoxy groups -OCH3 is 1. The summed E-state index contributed by atoms with van der Waals surface area (Å²) in [5.41, 5.74) is 1.32. The molecule has 2 aromatic heterocycles. The topological polar surface area (TPSA) is 79.7 Å². The van der Waals surface area contributed by atoms with E-state index in [4.69, 9.17) is 4.74 Å². The van der Waals surface area contributed by atoms with E-state index in [0.29, 0.717) is 30.7 Å². The maximum atomic E-state index is 13.1. The monoisotopic (exact) mass is 502 g/mol. The number of piperidine rings is 1. The van der Waals surface area contributed by atoms with E-state index >= 15 is 0 Å². The first-order chi connectivity index (χ1) is 16.4. The molecule has 4 rings (SSSR count). The third-order valence-corrected chi connectivity index (χ3v) is 8.47. The molecule has 0 bridgehead atoms. The Kier molecular flexibility index (Phi) is 8.18. The number of Topliss-reactive ketones (excluding diaryl/α,β-unsaturated/α-hetero) is 1. The second kappa shape index (κ2) is 11.3. The fourth-order valence-corrected chi connectivity index (χ4v) is 6.38. The van der Waals surface area contributed by atoms with Gasteiger partial charge >= 0.3 is 5.97 Å². The predicted octanol–water partition coefficient (Wildman–Crippen LogP) is 5.22. The van der Waals surface area contributed by atoms with Gasteiger partial charge in [-0.15, -0.1) is 23.1 Å². The number of carbonyl (C=O) groups excluding carboxylic acids is 1. The van der Waals surface area contributed by atoms with Crippen LogP contribution in [0.25, 0.3) is 10.9 Å². The number of hydrogen-bond donors (Lipinski definition) is 1. The summed E-state index contributed by atoms with van der Waals surface area (Å²) in [6.45, 7) is 2.03. The van der Waals surface area contributed by atoms with Crippen molar-refractivity contribution < 1.29 is 23.8 Å². The quantitative estimate of drug-likeness (QED) is 0.301. The Morgan fingerprint density at radius 2 is 2.18 bits per heavy atom. The van der Waals surface area contributed by atoms with Gasteiger partial charge in [0, 0.05) is 47.8 Å². The molecular formula is C25H27FN2O4S2. The van der Waals surface area contributed by atoms with E-state index in [1.165, 1.54) is 22.8 Å². The summed E-state index contributed by atoms with van der Waals surface area (Å²) >= 11 is 2.98. The number of aliphatic carboxylic acids is 1. The number of aromatic nitrogens is 1. The largest absolute Gasteiger partial charge is 0.497 e. The average Bonchev–Trinajstić information content (AvgIpc) is 3.26. The highest BCUT2D eigenvalue weighted by Crippen LogP contribution is 2.31. The maximum absolute atomic E-state index is 13.1. The molecule has 3 heterocycles. The zero-order valence-electron chi connectivity index (χ0n) is 18.9. The highest BCUT2D eigenvalue weighted by molar-refractivity contribution is 8.01. The first kappa shape index (κ1) is 24.6. The van der Waals surface area contributed by atoms with Crippen LogP contribution in [0, 0.1) is 17.7 Å². The number of hydrogen-bond acceptors (Lipinski definition) is 7. The zero-order valence-corrected chi connectivity index (χ0v) is 20.5. The molecule has 34 heavy (non-hydrogen) atoms. The molecule has 0 amide bonds. The summed E-state index contributed by atoms with van der Waals surface area (Å²) in [5, 5.41) is 12.1. The van der Waals surface area contributed by atoms with E-state index < -0.39 is 11.9 Å². The van der Waals surface area contributed by atoms with Gasteiger partial charge in [-0.2, -0.15) is 0 Å². The van der Waals surface area contributed by atoms with Crippen molar-refractivity contribution in [1.29, 1.82) is 0 Å². The van der Waals surface area contributed by atoms with E-state index in [1.54, 1.807) is 31.1 Å². The molecule has 1 N–H and O–H groups in total. The van der Waals surface area contributed by atoms with E-state index in [9.17, 15) is 19.1 Å². The van der Waals surface area contributed by atoms with E-state index in [2.05, 4.69) is 9.88 Å². The van der Waals surface area contributed by atoms with Crippen molar-refractivity contribution in [2.45, 2.75) is 23.5 Å². The van der Waals surface area contributed by atoms with Crippen molar-refractivity contribution in [1.82, 2.24) is 9.88 Å². The molecule has 0 unspecified atom stereocenters. The summed E-state index contributed by atoms with van der Waals surface area (Å²) < 4.78 is 19.4. The number of nitrogens with zero attached hydrogens (tertiary/aromatic N) is 2. The second-order valence-electron chi connectivity index (χ2n) is 8.43. The number of carbonyl (C=O) groups is 2. The third-order valence-electron chi connectivity index (χ3n) is 6.34. The fraction of sp³-hybridized carbons (Fsp3) is 0.400. The van der Waals surface area contributed by atoms with Gasteiger partial charge in [0.15, 0.2) is 5.78 Å². The molecule has 1 aliphatic heterocycles. The minimum absolute atomic E-state index is 0.00759. The number of benzene rings is 1. The Balaban J connectivity index is 1.34. The van der Waals surface area contributed by atoms with E-state index in [-0.39, 0.29) is 17.5 Å². The highest BCUT2D eigenvalue weighted by atomic mass is 32.2. The fourth-order valence-electron chi connectivity index (χ4n) is 4.49. The number of thiophene rings is 1. The molecule has 3 aromatic rings. The molecule has 6 nitrogen and oxygen atoms in total. The first-order valence-corrected chi connectivity index (χ1v) is 13.1. The number of halogens is 1. The molecule has 180 valence electrons. The van der Waals surface area contributed by atoms with Gasteiger partial charge in [0.2, 0.25) is 0 Å². The number of carboxylic acid groups (broad SMARTS) is 1. The number of pyridine rings is 1. The first-order valence-electron chi connectivity index (χ1n) is 11.2. The van der Waals surface area contributed by atoms with Crippen LogP contribution in [0.1, 0.15) is 29.6 Å². The minimum Gasteiger partial charge on any atom is -0.497 e. The molecule has 1 aromatic carbocycles. The average molecular weight is 503 g/mol. The molecule has 0 spiro atoms. The van der Waals surface area contributed by atoms with Crippen LogP contribution in [0.3, 0.4) is 0 Å². The van der Waals surface area contributed by atoms with Crippen molar-refractivity contribution in [3.05, 3.63) is 53.3 Å². The summed E-state index contributed by atoms with van der Waals surface area (Å²) in [6.07, 6.45) is 3.21. The number of likely N-dealkylation sites (tertiary alicyclic amines) is 1. The summed E-state index contributed by atoms with van der Waals surface area (Å²) in [6, 6.07) is 8.70. The van der Waals surface area contributed by atoms with E-state index in [0.717, 1.165) is 40.4 Å². The van der Waals surface area contributed by atoms with Crippen molar-refractivity contribution in [2.24, 2.45) is 11.8 Å². The lowest BCUT2D eigenvalue weighted by molar-refractivity contribution is -0.146. The number of ketones is 1. The number of thioether (sulfide) groups is 1. The molecule has 0 aliphatic carbocycles. The lowest BCUT2D eigenvalue weighted by Gasteiger charge is -2.36. The molecule has 1 aliphatic rings. The normalized spacial score (nSPS) is 18.8. The number of rotatable bonds is 10. The van der Waals surface area contributed by atoms with Crippen molar-refractivity contribution in [3.63, 3.8) is 0 Å². The molecule has 1 fully saturated rings. The maximum Gasteiger partial charge on any atom is 0.308 e. The summed E-state index contributed by atoms with van der Waals surface area (Å²) in [4.78, 5) is 31.5. The molecule has 0 saturated carbocycles. The van der Waals surface area contributed by atoms with Crippen LogP contribution in [-0.4, -0.2) is 59.2 Å². The molecule has 2 atom stereocenters. The Bertz CT molecular complexity index is 1170. The van der Waals surface area contributed by atoms with Crippen LogP contribution < -0.4 is 4.74 Å². The third kappa shape index (κ3) is 5.95. The summed E-state index contributed by atoms with van der Waals surface area (Å²) in [7, 11) is 1.58. The predicted molar refractivity (Wildman–Crippen MR) is 133 cm³/mol. The van der Waals surface area contributed by atoms with Gasteiger partial charge < -0.3 is 14.7 Å². The van der Waals surface area contributed by atoms with Crippen LogP contribution in [-0.2, 0) is 4.79 Å². The number of carboxylic acids is 1. The van der Waals surface area contributed by atoms with Crippen molar-refractivity contribution in [3.8, 4) is 5.75 Å². The molecule has 1 saturated heterocycles. The van der Waals surface area contributed by atoms with Crippen molar-refractivity contribution >= 4 is 45.8 Å². The molecule has 9 heteroatoms. The van der Waals surface area contributed by atoms with Gasteiger partial charge in [-0.25, -0.2) is 4.39 Å². The van der Waals surface area contributed by atoms with Gasteiger partial charge in [0.25, 0.3) is 0 Å². The summed E-state index contributed by atoms with van der Waals surface area (Å²) in [5.74, 6) is -0.128. The zero-order chi connectivity index (χ0) is 24.1. The van der Waals surface area contributed by atoms with Crippen molar-refractivity contribution in [2.75, 3.05) is 32.5 Å². The second-order valence-corrected chi connectivity index (χ2v) is 10.7. The van der Waals surface area contributed by atoms with Crippen LogP contribution in [0.4, 0.5) is 4.39 Å². The van der Waals surface area contributed by atoms with Gasteiger partial charge in [-0.3, -0.25) is 14.6 Å². The highest BCUT2D eigenvalue weighted by Gasteiger charge is 2.34. The number of ether oxygens (including phenoxy) is 1. The number of fused-ring (bicyclic) bond motifs is 1. The lowest BCUT2D eigenvalue weighted by atomic mass is 9.81. The Morgan fingerprint density at radius 3 is 2.91 bits per heavy atom. The van der Waals surface area contributed by atoms with Gasteiger partial charge in [-0.1, -0.05) is 0 Å². The SMILES string of the molecule is COc1ccc2nccc(C(=O)CC[C@H]3CCN(CCSc4cc(F)cs4)C[C@H]3C(=O)O)c2c1. The minimum atomic E-state index is -0.811. The Hall–Kier alpha value is -2.49. The van der Waals surface area contributed by atoms with Crippen LogP contribution in [0.15, 0.2) is 46.1 Å². The van der Waals surface area contributed by atoms with Gasteiger partial charge in [-0.05, 0) is 55.6 Å². The van der Waals surface area contributed by atoms with Crippen LogP contribution >= 0.6 is 23.1 Å². The van der Waals surface area contributed by atoms with E-state index in [1.807, 2.05) is 18.2 Å². The lowest BCUT2D eigenvalue weighted by Crippen LogP contribution is -2.44. The molecular weight excluding hydrogens is 475 g/mol. The Morgan fingerprint density at radius 1 is 1.32 bits per heavy atom. The van der Waals surface area contributed by atoms with Gasteiger partial charge in [0.1, 0.15) is 11.6 Å². The van der Waals surface area contributed by atoms with Crippen LogP contribution in [0.2, 0.25) is 0 Å². The van der Waals surface area contributed by atoms with Crippen LogP contribution in [0.5, 0.6) is 5.75 Å². The Labute approximate surface area is 206 Å². The standard InChI is InChI=1S/C25H27FN2O4S2/c1-32-18-3-4-22-20(13-18)19(6-8-27-22)23(29)5-2-16-7-9-28(14-21(16)25(30)31)10-11-33-24-12-17(26)15-34-24/h3-4,6,8,12-13,15-16,21H,2,5,7,9-11,14H2,1H3,(H,30,31)/t16-,21+/m0/s1. The smallest absolute Gasteiger partial charge is 0.308 e. The molecule has 0 radical (unpaired) electrons.